The van der Waals surface area contributed by atoms with Crippen molar-refractivity contribution in [2.75, 3.05) is 6.54 Å². The average molecular weight is 168 g/mol. The van der Waals surface area contributed by atoms with Gasteiger partial charge in [0.15, 0.2) is 0 Å². The molecule has 12 heavy (non-hydrogen) atoms. The molecule has 1 saturated carbocycles. The molecule has 1 aliphatic rings. The zero-order chi connectivity index (χ0) is 9.19. The summed E-state index contributed by atoms with van der Waals surface area (Å²) in [7, 11) is 0. The standard InChI is InChI=1S/C10H20N2/c1-4-10(2,3)7-12-9(11)8-5-6-8/h8H,4-7H2,1-3H3,(H2,11,12). The zero-order valence-corrected chi connectivity index (χ0v) is 8.43. The summed E-state index contributed by atoms with van der Waals surface area (Å²) >= 11 is 0. The Bertz CT molecular complexity index is 178. The second-order valence-corrected chi connectivity index (χ2v) is 4.53. The van der Waals surface area contributed by atoms with Crippen LogP contribution in [0.25, 0.3) is 0 Å². The summed E-state index contributed by atoms with van der Waals surface area (Å²) in [6.45, 7) is 7.54. The summed E-state index contributed by atoms with van der Waals surface area (Å²) in [5, 5.41) is 0. The number of rotatable bonds is 4. The molecule has 0 radical (unpaired) electrons. The molecule has 1 rings (SSSR count). The number of amidine groups is 1. The molecular weight excluding hydrogens is 148 g/mol. The lowest BCUT2D eigenvalue weighted by Crippen LogP contribution is -2.20. The highest BCUT2D eigenvalue weighted by Gasteiger charge is 2.26. The van der Waals surface area contributed by atoms with Crippen LogP contribution in [0, 0.1) is 11.3 Å². The van der Waals surface area contributed by atoms with Crippen molar-refractivity contribution in [3.8, 4) is 0 Å². The van der Waals surface area contributed by atoms with Crippen LogP contribution < -0.4 is 5.73 Å². The highest BCUT2D eigenvalue weighted by Crippen LogP contribution is 2.29. The van der Waals surface area contributed by atoms with Gasteiger partial charge in [-0.05, 0) is 24.7 Å². The van der Waals surface area contributed by atoms with Gasteiger partial charge in [-0.1, -0.05) is 20.8 Å². The first-order valence-electron chi connectivity index (χ1n) is 4.85. The van der Waals surface area contributed by atoms with E-state index in [4.69, 9.17) is 5.73 Å². The molecule has 0 bridgehead atoms. The van der Waals surface area contributed by atoms with Gasteiger partial charge < -0.3 is 5.73 Å². The van der Waals surface area contributed by atoms with E-state index in [0.29, 0.717) is 11.3 Å². The molecule has 2 heteroatoms. The molecule has 70 valence electrons. The van der Waals surface area contributed by atoms with E-state index in [2.05, 4.69) is 25.8 Å². The smallest absolute Gasteiger partial charge is 0.0968 e. The van der Waals surface area contributed by atoms with Gasteiger partial charge in [-0.15, -0.1) is 0 Å². The minimum absolute atomic E-state index is 0.319. The molecule has 0 spiro atoms. The summed E-state index contributed by atoms with van der Waals surface area (Å²) in [5.74, 6) is 1.51. The fourth-order valence-electron chi connectivity index (χ4n) is 0.925. The molecule has 2 N–H and O–H groups in total. The van der Waals surface area contributed by atoms with Crippen LogP contribution in [0.2, 0.25) is 0 Å². The predicted molar refractivity (Wildman–Crippen MR) is 53.3 cm³/mol. The number of hydrogen-bond acceptors (Lipinski definition) is 1. The Morgan fingerprint density at radius 1 is 1.50 bits per heavy atom. The Hall–Kier alpha value is -0.530. The van der Waals surface area contributed by atoms with E-state index in [1.165, 1.54) is 12.8 Å². The third-order valence-corrected chi connectivity index (χ3v) is 2.64. The average Bonchev–Trinajstić information content (AvgIpc) is 2.83. The lowest BCUT2D eigenvalue weighted by atomic mass is 9.91. The number of hydrogen-bond donors (Lipinski definition) is 1. The van der Waals surface area contributed by atoms with Gasteiger partial charge in [0.05, 0.1) is 5.84 Å². The van der Waals surface area contributed by atoms with Crippen molar-refractivity contribution in [2.24, 2.45) is 22.1 Å². The molecule has 0 unspecified atom stereocenters. The number of aliphatic imine (C=N–C) groups is 1. The van der Waals surface area contributed by atoms with E-state index in [9.17, 15) is 0 Å². The molecule has 0 amide bonds. The van der Waals surface area contributed by atoms with Crippen LogP contribution in [0.15, 0.2) is 4.99 Å². The Morgan fingerprint density at radius 3 is 2.50 bits per heavy atom. The van der Waals surface area contributed by atoms with E-state index in [1.54, 1.807) is 0 Å². The summed E-state index contributed by atoms with van der Waals surface area (Å²) in [5.41, 5.74) is 6.11. The Kier molecular flexibility index (Phi) is 2.76. The maximum absolute atomic E-state index is 5.79. The van der Waals surface area contributed by atoms with Crippen molar-refractivity contribution in [3.63, 3.8) is 0 Å². The van der Waals surface area contributed by atoms with Crippen molar-refractivity contribution in [3.05, 3.63) is 0 Å². The molecule has 0 saturated heterocycles. The fraction of sp³-hybridized carbons (Fsp3) is 0.900. The number of nitrogens with two attached hydrogens (primary N) is 1. The monoisotopic (exact) mass is 168 g/mol. The summed E-state index contributed by atoms with van der Waals surface area (Å²) in [4.78, 5) is 4.42. The van der Waals surface area contributed by atoms with Gasteiger partial charge in [0.25, 0.3) is 0 Å². The van der Waals surface area contributed by atoms with Gasteiger partial charge >= 0.3 is 0 Å². The largest absolute Gasteiger partial charge is 0.387 e. The van der Waals surface area contributed by atoms with Crippen molar-refractivity contribution in [2.45, 2.75) is 40.0 Å². The van der Waals surface area contributed by atoms with E-state index < -0.39 is 0 Å². The van der Waals surface area contributed by atoms with Gasteiger partial charge in [-0.2, -0.15) is 0 Å². The van der Waals surface area contributed by atoms with Gasteiger partial charge in [0.1, 0.15) is 0 Å². The van der Waals surface area contributed by atoms with Gasteiger partial charge in [-0.3, -0.25) is 4.99 Å². The Labute approximate surface area is 75.3 Å². The van der Waals surface area contributed by atoms with Gasteiger partial charge in [0.2, 0.25) is 0 Å². The maximum Gasteiger partial charge on any atom is 0.0968 e. The molecule has 1 fully saturated rings. The van der Waals surface area contributed by atoms with Crippen molar-refractivity contribution < 1.29 is 0 Å². The van der Waals surface area contributed by atoms with E-state index in [0.717, 1.165) is 18.8 Å². The second-order valence-electron chi connectivity index (χ2n) is 4.53. The normalized spacial score (nSPS) is 19.8. The van der Waals surface area contributed by atoms with Crippen molar-refractivity contribution >= 4 is 5.84 Å². The van der Waals surface area contributed by atoms with Crippen LogP contribution in [0.4, 0.5) is 0 Å². The molecule has 0 atom stereocenters. The minimum Gasteiger partial charge on any atom is -0.387 e. The van der Waals surface area contributed by atoms with E-state index in [-0.39, 0.29) is 0 Å². The second kappa shape index (κ2) is 3.46. The van der Waals surface area contributed by atoms with Crippen molar-refractivity contribution in [1.29, 1.82) is 0 Å². The quantitative estimate of drug-likeness (QED) is 0.507. The molecular formula is C10H20N2. The summed E-state index contributed by atoms with van der Waals surface area (Å²) in [6, 6.07) is 0. The van der Waals surface area contributed by atoms with Gasteiger partial charge in [-0.25, -0.2) is 0 Å². The van der Waals surface area contributed by atoms with Crippen molar-refractivity contribution in [1.82, 2.24) is 0 Å². The highest BCUT2D eigenvalue weighted by atomic mass is 14.9. The zero-order valence-electron chi connectivity index (χ0n) is 8.43. The topological polar surface area (TPSA) is 38.4 Å². The third kappa shape index (κ3) is 2.84. The third-order valence-electron chi connectivity index (χ3n) is 2.64. The van der Waals surface area contributed by atoms with Crippen LogP contribution in [0.3, 0.4) is 0 Å². The molecule has 0 aromatic heterocycles. The van der Waals surface area contributed by atoms with Crippen LogP contribution in [-0.2, 0) is 0 Å². The van der Waals surface area contributed by atoms with Crippen LogP contribution in [-0.4, -0.2) is 12.4 Å². The highest BCUT2D eigenvalue weighted by molar-refractivity contribution is 5.84. The first-order chi connectivity index (χ1) is 5.55. The molecule has 0 aromatic rings. The molecule has 0 heterocycles. The lowest BCUT2D eigenvalue weighted by Gasteiger charge is -2.19. The Balaban J connectivity index is 2.35. The predicted octanol–water partition coefficient (Wildman–Crippen LogP) is 2.19. The SMILES string of the molecule is CCC(C)(C)CN=C(N)C1CC1. The van der Waals surface area contributed by atoms with E-state index in [1.807, 2.05) is 0 Å². The number of nitrogens with zero attached hydrogens (tertiary/aromatic N) is 1. The maximum atomic E-state index is 5.79. The minimum atomic E-state index is 0.319. The first kappa shape index (κ1) is 9.56. The molecule has 2 nitrogen and oxygen atoms in total. The summed E-state index contributed by atoms with van der Waals surface area (Å²) in [6.07, 6.45) is 3.66. The van der Waals surface area contributed by atoms with Crippen LogP contribution in [0.1, 0.15) is 40.0 Å². The first-order valence-corrected chi connectivity index (χ1v) is 4.85. The fourth-order valence-corrected chi connectivity index (χ4v) is 0.925. The lowest BCUT2D eigenvalue weighted by molar-refractivity contribution is 0.365. The van der Waals surface area contributed by atoms with Gasteiger partial charge in [0, 0.05) is 12.5 Å². The van der Waals surface area contributed by atoms with E-state index >= 15 is 0 Å². The van der Waals surface area contributed by atoms with Crippen LogP contribution in [0.5, 0.6) is 0 Å². The molecule has 1 aliphatic carbocycles. The molecule has 0 aliphatic heterocycles. The molecule has 0 aromatic carbocycles. The van der Waals surface area contributed by atoms with Crippen LogP contribution >= 0.6 is 0 Å². The summed E-state index contributed by atoms with van der Waals surface area (Å²) < 4.78 is 0. The Morgan fingerprint density at radius 2 is 2.08 bits per heavy atom.